The quantitative estimate of drug-likeness (QED) is 0.549. The highest BCUT2D eigenvalue weighted by Crippen LogP contribution is 2.33. The normalized spacial score (nSPS) is 11.9. The van der Waals surface area contributed by atoms with Gasteiger partial charge in [0.1, 0.15) is 5.69 Å². The standard InChI is InChI=1S/C16H12BrN3O4S2/c17-11-6-7-14(12(9-11)16(21)22)20(26(23)24)15-13(18-25-19-15)8-10-4-2-1-3-5-10/h1-7,9H,8H2,(H,21,22)(H,23,24). The highest BCUT2D eigenvalue weighted by molar-refractivity contribution is 9.10. The lowest BCUT2D eigenvalue weighted by atomic mass is 10.1. The van der Waals surface area contributed by atoms with Crippen molar-refractivity contribution in [3.8, 4) is 0 Å². The molecule has 0 fully saturated rings. The first-order valence-electron chi connectivity index (χ1n) is 7.26. The zero-order chi connectivity index (χ0) is 18.7. The van der Waals surface area contributed by atoms with Crippen molar-refractivity contribution in [2.45, 2.75) is 6.42 Å². The first-order valence-corrected chi connectivity index (χ1v) is 9.85. The molecule has 0 saturated heterocycles. The molecule has 1 aromatic heterocycles. The molecule has 0 spiro atoms. The van der Waals surface area contributed by atoms with E-state index in [1.54, 1.807) is 6.07 Å². The Kier molecular flexibility index (Phi) is 5.77. The fourth-order valence-corrected chi connectivity index (χ4v) is 3.97. The Morgan fingerprint density at radius 1 is 1.19 bits per heavy atom. The summed E-state index contributed by atoms with van der Waals surface area (Å²) in [6.07, 6.45) is 0.402. The number of aromatic nitrogens is 2. The van der Waals surface area contributed by atoms with Gasteiger partial charge < -0.3 is 5.11 Å². The number of hydrogen-bond donors (Lipinski definition) is 2. The number of anilines is 2. The van der Waals surface area contributed by atoms with Gasteiger partial charge in [-0.15, -0.1) is 0 Å². The van der Waals surface area contributed by atoms with Crippen LogP contribution < -0.4 is 4.31 Å². The minimum absolute atomic E-state index is 0.0588. The summed E-state index contributed by atoms with van der Waals surface area (Å²) in [5.41, 5.74) is 1.38. The van der Waals surface area contributed by atoms with E-state index in [9.17, 15) is 18.7 Å². The summed E-state index contributed by atoms with van der Waals surface area (Å²) < 4.78 is 31.7. The molecule has 2 N–H and O–H groups in total. The van der Waals surface area contributed by atoms with Gasteiger partial charge in [0.05, 0.1) is 23.0 Å². The van der Waals surface area contributed by atoms with Gasteiger partial charge in [-0.05, 0) is 23.8 Å². The molecule has 26 heavy (non-hydrogen) atoms. The highest BCUT2D eigenvalue weighted by Gasteiger charge is 2.27. The first-order chi connectivity index (χ1) is 12.5. The summed E-state index contributed by atoms with van der Waals surface area (Å²) in [6.45, 7) is 0. The maximum Gasteiger partial charge on any atom is 0.337 e. The topological polar surface area (TPSA) is 104 Å². The Labute approximate surface area is 164 Å². The van der Waals surface area contributed by atoms with Crippen molar-refractivity contribution in [3.05, 3.63) is 69.8 Å². The molecule has 3 aromatic rings. The van der Waals surface area contributed by atoms with Gasteiger partial charge >= 0.3 is 5.97 Å². The number of rotatable bonds is 6. The second-order valence-corrected chi connectivity index (χ2v) is 7.46. The Balaban J connectivity index is 2.08. The minimum Gasteiger partial charge on any atom is -0.478 e. The van der Waals surface area contributed by atoms with Crippen molar-refractivity contribution < 1.29 is 18.7 Å². The molecule has 0 amide bonds. The van der Waals surface area contributed by atoms with Crippen LogP contribution in [0, 0.1) is 0 Å². The van der Waals surface area contributed by atoms with Crippen molar-refractivity contribution >= 4 is 56.4 Å². The lowest BCUT2D eigenvalue weighted by Crippen LogP contribution is -2.23. The molecule has 10 heteroatoms. The zero-order valence-corrected chi connectivity index (χ0v) is 16.3. The maximum atomic E-state index is 12.0. The van der Waals surface area contributed by atoms with E-state index in [2.05, 4.69) is 24.7 Å². The van der Waals surface area contributed by atoms with Crippen LogP contribution in [0.15, 0.2) is 53.0 Å². The predicted molar refractivity (Wildman–Crippen MR) is 103 cm³/mol. The van der Waals surface area contributed by atoms with Crippen LogP contribution in [0.4, 0.5) is 11.5 Å². The smallest absolute Gasteiger partial charge is 0.337 e. The fraction of sp³-hybridized carbons (Fsp3) is 0.0625. The number of aromatic carboxylic acids is 1. The van der Waals surface area contributed by atoms with Gasteiger partial charge in [-0.2, -0.15) is 8.75 Å². The van der Waals surface area contributed by atoms with E-state index in [4.69, 9.17) is 0 Å². The molecule has 134 valence electrons. The van der Waals surface area contributed by atoms with Crippen LogP contribution in [0.3, 0.4) is 0 Å². The summed E-state index contributed by atoms with van der Waals surface area (Å²) in [5.74, 6) is -1.06. The maximum absolute atomic E-state index is 12.0. The van der Waals surface area contributed by atoms with Gasteiger partial charge in [-0.1, -0.05) is 46.3 Å². The molecule has 0 aliphatic heterocycles. The number of carbonyl (C=O) groups is 1. The van der Waals surface area contributed by atoms with Crippen LogP contribution in [0.5, 0.6) is 0 Å². The number of hydrogen-bond acceptors (Lipinski definition) is 5. The number of halogens is 1. The van der Waals surface area contributed by atoms with Crippen molar-refractivity contribution in [1.82, 2.24) is 8.75 Å². The van der Waals surface area contributed by atoms with Crippen molar-refractivity contribution in [1.29, 1.82) is 0 Å². The van der Waals surface area contributed by atoms with E-state index < -0.39 is 17.2 Å². The van der Waals surface area contributed by atoms with Crippen LogP contribution in [0.25, 0.3) is 0 Å². The van der Waals surface area contributed by atoms with E-state index in [1.807, 2.05) is 30.3 Å². The minimum atomic E-state index is -2.53. The van der Waals surface area contributed by atoms with Crippen molar-refractivity contribution in [2.24, 2.45) is 0 Å². The predicted octanol–water partition coefficient (Wildman–Crippen LogP) is 3.86. The molecular weight excluding hydrogens is 442 g/mol. The van der Waals surface area contributed by atoms with Crippen LogP contribution in [0.2, 0.25) is 0 Å². The van der Waals surface area contributed by atoms with Gasteiger partial charge in [0.15, 0.2) is 5.82 Å². The summed E-state index contributed by atoms with van der Waals surface area (Å²) in [4.78, 5) is 11.6. The zero-order valence-electron chi connectivity index (χ0n) is 13.1. The van der Waals surface area contributed by atoms with E-state index in [1.165, 1.54) is 12.1 Å². The first kappa shape index (κ1) is 18.6. The molecule has 3 rings (SSSR count). The average Bonchev–Trinajstić information content (AvgIpc) is 3.04. The summed E-state index contributed by atoms with van der Waals surface area (Å²) in [5, 5.41) is 9.46. The third-order valence-corrected chi connectivity index (χ3v) is 5.24. The number of carboxylic acids is 1. The molecule has 1 heterocycles. The monoisotopic (exact) mass is 453 g/mol. The Morgan fingerprint density at radius 2 is 1.92 bits per heavy atom. The molecular formula is C16H12BrN3O4S2. The lowest BCUT2D eigenvalue weighted by molar-refractivity contribution is 0.0698. The van der Waals surface area contributed by atoms with Gasteiger partial charge in [-0.3, -0.25) is 4.55 Å². The Hall–Kier alpha value is -2.14. The second kappa shape index (κ2) is 8.04. The average molecular weight is 454 g/mol. The third-order valence-electron chi connectivity index (χ3n) is 3.51. The Bertz CT molecular complexity index is 965. The van der Waals surface area contributed by atoms with Crippen LogP contribution in [-0.2, 0) is 17.7 Å². The van der Waals surface area contributed by atoms with Crippen LogP contribution >= 0.6 is 27.7 Å². The number of benzene rings is 2. The van der Waals surface area contributed by atoms with Crippen molar-refractivity contribution in [2.75, 3.05) is 4.31 Å². The third kappa shape index (κ3) is 3.98. The highest BCUT2D eigenvalue weighted by atomic mass is 79.9. The summed E-state index contributed by atoms with van der Waals surface area (Å²) in [7, 11) is 0. The molecule has 0 aliphatic rings. The van der Waals surface area contributed by atoms with E-state index in [0.29, 0.717) is 16.6 Å². The van der Waals surface area contributed by atoms with Gasteiger partial charge in [0.2, 0.25) is 0 Å². The molecule has 0 bridgehead atoms. The summed E-state index contributed by atoms with van der Waals surface area (Å²) in [6, 6.07) is 13.9. The number of nitrogens with zero attached hydrogens (tertiary/aromatic N) is 3. The number of carboxylic acid groups (broad SMARTS) is 1. The molecule has 1 atom stereocenters. The van der Waals surface area contributed by atoms with Crippen LogP contribution in [0.1, 0.15) is 21.6 Å². The van der Waals surface area contributed by atoms with Gasteiger partial charge in [0.25, 0.3) is 11.3 Å². The largest absolute Gasteiger partial charge is 0.478 e. The van der Waals surface area contributed by atoms with Crippen molar-refractivity contribution in [3.63, 3.8) is 0 Å². The fourth-order valence-electron chi connectivity index (χ4n) is 2.39. The molecule has 0 radical (unpaired) electrons. The Morgan fingerprint density at radius 3 is 2.58 bits per heavy atom. The molecule has 2 aromatic carbocycles. The molecule has 7 nitrogen and oxygen atoms in total. The van der Waals surface area contributed by atoms with E-state index in [0.717, 1.165) is 21.6 Å². The molecule has 0 saturated carbocycles. The van der Waals surface area contributed by atoms with E-state index >= 15 is 0 Å². The van der Waals surface area contributed by atoms with E-state index in [-0.39, 0.29) is 17.1 Å². The van der Waals surface area contributed by atoms with Gasteiger partial charge in [-0.25, -0.2) is 13.3 Å². The molecule has 1 unspecified atom stereocenters. The van der Waals surface area contributed by atoms with Gasteiger partial charge in [0, 0.05) is 10.9 Å². The van der Waals surface area contributed by atoms with Crippen LogP contribution in [-0.4, -0.2) is 28.6 Å². The summed E-state index contributed by atoms with van der Waals surface area (Å²) >= 11 is 1.58. The SMILES string of the molecule is O=C(O)c1cc(Br)ccc1N(c1nsnc1Cc1ccccc1)S(=O)O. The second-order valence-electron chi connectivity index (χ2n) is 5.19. The molecule has 0 aliphatic carbocycles. The lowest BCUT2D eigenvalue weighted by Gasteiger charge is -2.20.